The highest BCUT2D eigenvalue weighted by atomic mass is 16.1. The molecule has 0 unspecified atom stereocenters. The molecule has 0 fully saturated rings. The third-order valence-electron chi connectivity index (χ3n) is 2.75. The normalized spacial score (nSPS) is 10.9. The monoisotopic (exact) mass is 242 g/mol. The summed E-state index contributed by atoms with van der Waals surface area (Å²) in [5.41, 5.74) is 0.494. The molecule has 0 saturated heterocycles. The van der Waals surface area contributed by atoms with Gasteiger partial charge in [-0.1, -0.05) is 17.3 Å². The SMILES string of the molecule is C[n+]1ccn(Cn2nnc3ccccc3c2=O)c1. The van der Waals surface area contributed by atoms with E-state index in [0.717, 1.165) is 0 Å². The molecular weight excluding hydrogens is 230 g/mol. The van der Waals surface area contributed by atoms with Gasteiger partial charge < -0.3 is 0 Å². The molecule has 0 aliphatic heterocycles. The minimum absolute atomic E-state index is 0.128. The maximum atomic E-state index is 12.2. The Balaban J connectivity index is 2.08. The van der Waals surface area contributed by atoms with Gasteiger partial charge in [-0.2, -0.15) is 4.68 Å². The topological polar surface area (TPSA) is 56.6 Å². The minimum Gasteiger partial charge on any atom is -0.267 e. The molecule has 0 spiro atoms. The van der Waals surface area contributed by atoms with Gasteiger partial charge in [0.15, 0.2) is 6.67 Å². The Morgan fingerprint density at radius 1 is 1.33 bits per heavy atom. The second-order valence-corrected chi connectivity index (χ2v) is 4.15. The summed E-state index contributed by atoms with van der Waals surface area (Å²) in [6, 6.07) is 7.21. The first-order valence-corrected chi connectivity index (χ1v) is 5.57. The molecule has 0 saturated carbocycles. The van der Waals surface area contributed by atoms with E-state index in [4.69, 9.17) is 0 Å². The zero-order valence-electron chi connectivity index (χ0n) is 9.89. The summed E-state index contributed by atoms with van der Waals surface area (Å²) in [5.74, 6) is 0. The van der Waals surface area contributed by atoms with Crippen molar-refractivity contribution in [1.29, 1.82) is 0 Å². The summed E-state index contributed by atoms with van der Waals surface area (Å²) < 4.78 is 5.12. The Hall–Kier alpha value is -2.50. The van der Waals surface area contributed by atoms with Gasteiger partial charge in [-0.15, -0.1) is 5.10 Å². The van der Waals surface area contributed by atoms with Crippen LogP contribution in [0.4, 0.5) is 0 Å². The number of fused-ring (bicyclic) bond motifs is 1. The first-order valence-electron chi connectivity index (χ1n) is 5.57. The number of aromatic nitrogens is 5. The summed E-state index contributed by atoms with van der Waals surface area (Å²) in [6.07, 6.45) is 5.66. The zero-order valence-corrected chi connectivity index (χ0v) is 9.89. The fraction of sp³-hybridized carbons (Fsp3) is 0.167. The van der Waals surface area contributed by atoms with Crippen molar-refractivity contribution in [1.82, 2.24) is 19.6 Å². The van der Waals surface area contributed by atoms with Crippen molar-refractivity contribution >= 4 is 10.9 Å². The van der Waals surface area contributed by atoms with Crippen LogP contribution in [0.25, 0.3) is 10.9 Å². The lowest BCUT2D eigenvalue weighted by molar-refractivity contribution is -0.671. The highest BCUT2D eigenvalue weighted by molar-refractivity contribution is 5.76. The molecule has 18 heavy (non-hydrogen) atoms. The Bertz CT molecular complexity index is 758. The van der Waals surface area contributed by atoms with E-state index in [2.05, 4.69) is 10.3 Å². The molecule has 0 radical (unpaired) electrons. The summed E-state index contributed by atoms with van der Waals surface area (Å²) in [5, 5.41) is 8.56. The van der Waals surface area contributed by atoms with Crippen molar-refractivity contribution in [2.24, 2.45) is 7.05 Å². The van der Waals surface area contributed by atoms with E-state index in [1.165, 1.54) is 4.68 Å². The van der Waals surface area contributed by atoms with Crippen LogP contribution in [0.15, 0.2) is 47.8 Å². The Morgan fingerprint density at radius 2 is 2.17 bits per heavy atom. The van der Waals surface area contributed by atoms with Gasteiger partial charge >= 0.3 is 0 Å². The lowest BCUT2D eigenvalue weighted by Crippen LogP contribution is -2.28. The van der Waals surface area contributed by atoms with Crippen molar-refractivity contribution in [2.75, 3.05) is 0 Å². The van der Waals surface area contributed by atoms with Crippen LogP contribution < -0.4 is 10.1 Å². The minimum atomic E-state index is -0.128. The highest BCUT2D eigenvalue weighted by Crippen LogP contribution is 2.03. The van der Waals surface area contributed by atoms with Crippen molar-refractivity contribution in [3.63, 3.8) is 0 Å². The number of hydrogen-bond donors (Lipinski definition) is 0. The Morgan fingerprint density at radius 3 is 2.94 bits per heavy atom. The summed E-state index contributed by atoms with van der Waals surface area (Å²) >= 11 is 0. The van der Waals surface area contributed by atoms with E-state index in [1.54, 1.807) is 12.1 Å². The third-order valence-corrected chi connectivity index (χ3v) is 2.75. The molecule has 6 heteroatoms. The summed E-state index contributed by atoms with van der Waals surface area (Å²) in [6.45, 7) is 0.359. The van der Waals surface area contributed by atoms with Crippen LogP contribution in [-0.4, -0.2) is 19.6 Å². The molecule has 0 amide bonds. The Labute approximate surface area is 103 Å². The highest BCUT2D eigenvalue weighted by Gasteiger charge is 2.07. The van der Waals surface area contributed by atoms with Gasteiger partial charge in [-0.05, 0) is 12.1 Å². The number of aryl methyl sites for hydroxylation is 1. The molecule has 0 N–H and O–H groups in total. The van der Waals surface area contributed by atoms with E-state index < -0.39 is 0 Å². The fourth-order valence-electron chi connectivity index (χ4n) is 1.86. The van der Waals surface area contributed by atoms with Crippen molar-refractivity contribution in [2.45, 2.75) is 6.67 Å². The Kier molecular flexibility index (Phi) is 2.40. The van der Waals surface area contributed by atoms with E-state index in [0.29, 0.717) is 17.6 Å². The second kappa shape index (κ2) is 4.06. The van der Waals surface area contributed by atoms with Crippen molar-refractivity contribution in [3.8, 4) is 0 Å². The standard InChI is InChI=1S/C12H12N5O/c1-15-6-7-16(8-15)9-17-12(18)10-4-2-3-5-11(10)13-14-17/h2-8H,9H2,1H3/q+1. The number of hydrogen-bond acceptors (Lipinski definition) is 3. The van der Waals surface area contributed by atoms with Crippen LogP contribution in [-0.2, 0) is 13.7 Å². The average molecular weight is 242 g/mol. The van der Waals surface area contributed by atoms with E-state index >= 15 is 0 Å². The smallest absolute Gasteiger partial charge is 0.267 e. The van der Waals surface area contributed by atoms with Gasteiger partial charge in [-0.25, -0.2) is 9.13 Å². The van der Waals surface area contributed by atoms with Gasteiger partial charge in [0.05, 0.1) is 12.4 Å². The summed E-state index contributed by atoms with van der Waals surface area (Å²) in [4.78, 5) is 12.2. The molecule has 2 heterocycles. The second-order valence-electron chi connectivity index (χ2n) is 4.15. The molecule has 0 bridgehead atoms. The number of rotatable bonds is 2. The fourth-order valence-corrected chi connectivity index (χ4v) is 1.86. The molecule has 0 aliphatic rings. The largest absolute Gasteiger partial charge is 0.281 e. The van der Waals surface area contributed by atoms with E-state index in [9.17, 15) is 4.79 Å². The summed E-state index contributed by atoms with van der Waals surface area (Å²) in [7, 11) is 1.92. The van der Waals surface area contributed by atoms with Gasteiger partial charge in [0.25, 0.3) is 5.56 Å². The molecule has 3 rings (SSSR count). The lowest BCUT2D eigenvalue weighted by atomic mass is 10.2. The lowest BCUT2D eigenvalue weighted by Gasteiger charge is -2.01. The predicted molar refractivity (Wildman–Crippen MR) is 64.8 cm³/mol. The van der Waals surface area contributed by atoms with Crippen LogP contribution >= 0.6 is 0 Å². The molecule has 3 aromatic rings. The van der Waals surface area contributed by atoms with Gasteiger partial charge in [-0.3, -0.25) is 4.79 Å². The molecular formula is C12H12N5O+. The first-order chi connectivity index (χ1) is 8.74. The maximum absolute atomic E-state index is 12.2. The number of benzene rings is 1. The number of imidazole rings is 1. The molecule has 90 valence electrons. The van der Waals surface area contributed by atoms with Crippen LogP contribution in [0.2, 0.25) is 0 Å². The zero-order chi connectivity index (χ0) is 12.5. The van der Waals surface area contributed by atoms with Crippen LogP contribution in [0.1, 0.15) is 0 Å². The molecule has 2 aromatic heterocycles. The van der Waals surface area contributed by atoms with Gasteiger partial charge in [0.1, 0.15) is 17.9 Å². The van der Waals surface area contributed by atoms with Gasteiger partial charge in [0, 0.05) is 0 Å². The van der Waals surface area contributed by atoms with E-state index in [1.807, 2.05) is 47.0 Å². The molecule has 0 aliphatic carbocycles. The van der Waals surface area contributed by atoms with Crippen LogP contribution in [0, 0.1) is 0 Å². The first kappa shape index (κ1) is 10.6. The third kappa shape index (κ3) is 1.77. The molecule has 6 nitrogen and oxygen atoms in total. The predicted octanol–water partition coefficient (Wildman–Crippen LogP) is -0.0767. The van der Waals surface area contributed by atoms with E-state index in [-0.39, 0.29) is 5.56 Å². The average Bonchev–Trinajstić information content (AvgIpc) is 2.79. The van der Waals surface area contributed by atoms with Gasteiger partial charge in [0.2, 0.25) is 6.33 Å². The maximum Gasteiger partial charge on any atom is 0.281 e. The van der Waals surface area contributed by atoms with Crippen molar-refractivity contribution < 1.29 is 4.57 Å². The molecule has 1 aromatic carbocycles. The quantitative estimate of drug-likeness (QED) is 0.591. The molecule has 0 atom stereocenters. The van der Waals surface area contributed by atoms with Crippen LogP contribution in [0.5, 0.6) is 0 Å². The van der Waals surface area contributed by atoms with Crippen molar-refractivity contribution in [3.05, 3.63) is 53.3 Å². The number of nitrogens with zero attached hydrogens (tertiary/aromatic N) is 5. The van der Waals surface area contributed by atoms with Crippen LogP contribution in [0.3, 0.4) is 0 Å².